The lowest BCUT2D eigenvalue weighted by atomic mass is 10.1. The molecule has 1 aromatic carbocycles. The largest absolute Gasteiger partial charge is 0.444 e. The van der Waals surface area contributed by atoms with Crippen molar-refractivity contribution in [2.24, 2.45) is 0 Å². The van der Waals surface area contributed by atoms with E-state index >= 15 is 0 Å². The van der Waals surface area contributed by atoms with E-state index in [9.17, 15) is 9.59 Å². The fourth-order valence-corrected chi connectivity index (χ4v) is 2.17. The molecular weight excluding hydrogens is 268 g/mol. The molecule has 0 N–H and O–H groups in total. The molecule has 112 valence electrons. The summed E-state index contributed by atoms with van der Waals surface area (Å²) < 4.78 is 5.36. The Hall–Kier alpha value is -2.30. The van der Waals surface area contributed by atoms with E-state index in [4.69, 9.17) is 4.74 Å². The minimum absolute atomic E-state index is 0.0321. The zero-order valence-corrected chi connectivity index (χ0v) is 12.6. The van der Waals surface area contributed by atoms with E-state index in [0.717, 1.165) is 11.3 Å². The van der Waals surface area contributed by atoms with Crippen LogP contribution in [0.1, 0.15) is 26.3 Å². The molecule has 0 aliphatic carbocycles. The molecule has 0 spiro atoms. The molecule has 0 atom stereocenters. The third-order valence-electron chi connectivity index (χ3n) is 3.04. The summed E-state index contributed by atoms with van der Waals surface area (Å²) in [6.07, 6.45) is 0.983. The smallest absolute Gasteiger partial charge is 0.411 e. The van der Waals surface area contributed by atoms with Crippen LogP contribution >= 0.6 is 0 Å². The van der Waals surface area contributed by atoms with E-state index in [1.54, 1.807) is 20.8 Å². The molecule has 0 aromatic heterocycles. The van der Waals surface area contributed by atoms with Gasteiger partial charge in [0.2, 0.25) is 0 Å². The number of fused-ring (bicyclic) bond motifs is 1. The number of para-hydroxylation sites is 1. The van der Waals surface area contributed by atoms with Gasteiger partial charge >= 0.3 is 6.09 Å². The Kier molecular flexibility index (Phi) is 4.02. The monoisotopic (exact) mass is 288 g/mol. The molecular formula is C16H20N2O3. The highest BCUT2D eigenvalue weighted by Gasteiger charge is 2.30. The summed E-state index contributed by atoms with van der Waals surface area (Å²) in [6.45, 7) is 9.38. The van der Waals surface area contributed by atoms with Crippen LogP contribution in [0, 0.1) is 0 Å². The molecule has 1 heterocycles. The minimum Gasteiger partial charge on any atom is -0.444 e. The van der Waals surface area contributed by atoms with Gasteiger partial charge < -0.3 is 4.74 Å². The fourth-order valence-electron chi connectivity index (χ4n) is 2.17. The van der Waals surface area contributed by atoms with Crippen LogP contribution in [0.25, 0.3) is 0 Å². The maximum atomic E-state index is 12.3. The Morgan fingerprint density at radius 2 is 1.95 bits per heavy atom. The molecule has 5 nitrogen and oxygen atoms in total. The summed E-state index contributed by atoms with van der Waals surface area (Å²) in [6, 6.07) is 7.46. The standard InChI is InChI=1S/C16H20N2O3/c1-5-18-13-9-7-6-8-12(13)10-17(11-14(18)19)15(20)21-16(2,3)4/h5-9H,1,10-11H2,2-4H3. The van der Waals surface area contributed by atoms with Crippen LogP contribution < -0.4 is 4.90 Å². The number of amides is 2. The maximum Gasteiger partial charge on any atom is 0.411 e. The van der Waals surface area contributed by atoms with Crippen molar-refractivity contribution in [1.29, 1.82) is 0 Å². The first-order valence-electron chi connectivity index (χ1n) is 6.82. The van der Waals surface area contributed by atoms with Crippen molar-refractivity contribution in [2.75, 3.05) is 11.4 Å². The van der Waals surface area contributed by atoms with E-state index in [2.05, 4.69) is 6.58 Å². The molecule has 2 amide bonds. The topological polar surface area (TPSA) is 49.9 Å². The first kappa shape index (κ1) is 15.1. The molecule has 1 aliphatic heterocycles. The summed E-state index contributed by atoms with van der Waals surface area (Å²) in [4.78, 5) is 27.4. The van der Waals surface area contributed by atoms with Crippen LogP contribution in [-0.2, 0) is 16.1 Å². The van der Waals surface area contributed by atoms with Gasteiger partial charge in [0.05, 0.1) is 12.2 Å². The average molecular weight is 288 g/mol. The number of anilines is 1. The second-order valence-electron chi connectivity index (χ2n) is 5.91. The van der Waals surface area contributed by atoms with Crippen molar-refractivity contribution >= 4 is 17.7 Å². The second-order valence-corrected chi connectivity index (χ2v) is 5.91. The van der Waals surface area contributed by atoms with Gasteiger partial charge in [-0.25, -0.2) is 4.79 Å². The zero-order valence-electron chi connectivity index (χ0n) is 12.6. The van der Waals surface area contributed by atoms with Crippen molar-refractivity contribution in [3.8, 4) is 0 Å². The van der Waals surface area contributed by atoms with E-state index in [1.807, 2.05) is 24.3 Å². The quantitative estimate of drug-likeness (QED) is 0.798. The predicted octanol–water partition coefficient (Wildman–Crippen LogP) is 2.91. The van der Waals surface area contributed by atoms with Crippen molar-refractivity contribution in [2.45, 2.75) is 32.9 Å². The Morgan fingerprint density at radius 3 is 2.57 bits per heavy atom. The van der Waals surface area contributed by atoms with Crippen LogP contribution in [0.4, 0.5) is 10.5 Å². The van der Waals surface area contributed by atoms with Gasteiger partial charge in [-0.2, -0.15) is 0 Å². The molecule has 0 unspecified atom stereocenters. The molecule has 1 aliphatic rings. The zero-order chi connectivity index (χ0) is 15.6. The van der Waals surface area contributed by atoms with E-state index in [0.29, 0.717) is 6.54 Å². The van der Waals surface area contributed by atoms with Gasteiger partial charge in [-0.15, -0.1) is 0 Å². The van der Waals surface area contributed by atoms with Crippen molar-refractivity contribution in [1.82, 2.24) is 4.90 Å². The highest BCUT2D eigenvalue weighted by Crippen LogP contribution is 2.26. The van der Waals surface area contributed by atoms with E-state index in [-0.39, 0.29) is 12.5 Å². The third kappa shape index (κ3) is 3.42. The van der Waals surface area contributed by atoms with Crippen LogP contribution in [0.3, 0.4) is 0 Å². The first-order valence-corrected chi connectivity index (χ1v) is 6.82. The lowest BCUT2D eigenvalue weighted by molar-refractivity contribution is -0.119. The van der Waals surface area contributed by atoms with Gasteiger partial charge in [-0.3, -0.25) is 14.6 Å². The van der Waals surface area contributed by atoms with Crippen LogP contribution in [-0.4, -0.2) is 29.0 Å². The Labute approximate surface area is 124 Å². The minimum atomic E-state index is -0.593. The predicted molar refractivity (Wildman–Crippen MR) is 80.8 cm³/mol. The molecule has 0 saturated carbocycles. The molecule has 5 heteroatoms. The molecule has 21 heavy (non-hydrogen) atoms. The van der Waals surface area contributed by atoms with Gasteiger partial charge in [0.25, 0.3) is 5.91 Å². The number of rotatable bonds is 1. The van der Waals surface area contributed by atoms with Gasteiger partial charge in [0, 0.05) is 6.20 Å². The summed E-state index contributed by atoms with van der Waals surface area (Å²) in [5.41, 5.74) is 1.04. The molecule has 0 fully saturated rings. The summed E-state index contributed by atoms with van der Waals surface area (Å²) in [7, 11) is 0. The van der Waals surface area contributed by atoms with Crippen molar-refractivity contribution in [3.63, 3.8) is 0 Å². The Bertz CT molecular complexity index is 575. The third-order valence-corrected chi connectivity index (χ3v) is 3.04. The van der Waals surface area contributed by atoms with E-state index in [1.165, 1.54) is 16.0 Å². The number of nitrogens with zero attached hydrogens (tertiary/aromatic N) is 2. The summed E-state index contributed by atoms with van der Waals surface area (Å²) in [5.74, 6) is -0.208. The fraction of sp³-hybridized carbons (Fsp3) is 0.375. The lowest BCUT2D eigenvalue weighted by Gasteiger charge is -2.26. The average Bonchev–Trinajstić information content (AvgIpc) is 2.52. The van der Waals surface area contributed by atoms with Gasteiger partial charge in [0.1, 0.15) is 12.1 Å². The molecule has 0 bridgehead atoms. The van der Waals surface area contributed by atoms with Crippen LogP contribution in [0.2, 0.25) is 0 Å². The highest BCUT2D eigenvalue weighted by atomic mass is 16.6. The normalized spacial score (nSPS) is 15.3. The number of ether oxygens (including phenoxy) is 1. The molecule has 1 aromatic rings. The number of carbonyl (C=O) groups excluding carboxylic acids is 2. The second kappa shape index (κ2) is 5.60. The maximum absolute atomic E-state index is 12.3. The summed E-state index contributed by atoms with van der Waals surface area (Å²) in [5, 5.41) is 0. The number of benzene rings is 1. The van der Waals surface area contributed by atoms with Crippen LogP contribution in [0.5, 0.6) is 0 Å². The molecule has 0 saturated heterocycles. The van der Waals surface area contributed by atoms with Crippen LogP contribution in [0.15, 0.2) is 37.0 Å². The number of hydrogen-bond donors (Lipinski definition) is 0. The Morgan fingerprint density at radius 1 is 1.29 bits per heavy atom. The lowest BCUT2D eigenvalue weighted by Crippen LogP contribution is -2.40. The first-order chi connectivity index (χ1) is 9.81. The van der Waals surface area contributed by atoms with E-state index < -0.39 is 11.7 Å². The highest BCUT2D eigenvalue weighted by molar-refractivity contribution is 5.99. The van der Waals surface area contributed by atoms with Crippen molar-refractivity contribution in [3.05, 3.63) is 42.6 Å². The van der Waals surface area contributed by atoms with Gasteiger partial charge in [-0.1, -0.05) is 24.8 Å². The van der Waals surface area contributed by atoms with Crippen molar-refractivity contribution < 1.29 is 14.3 Å². The van der Waals surface area contributed by atoms with Gasteiger partial charge in [-0.05, 0) is 32.4 Å². The Balaban J connectivity index is 2.32. The molecule has 0 radical (unpaired) electrons. The number of carbonyl (C=O) groups is 2. The summed E-state index contributed by atoms with van der Waals surface area (Å²) >= 11 is 0. The SMILES string of the molecule is C=CN1C(=O)CN(C(=O)OC(C)(C)C)Cc2ccccc21. The number of hydrogen-bond acceptors (Lipinski definition) is 3. The molecule has 2 rings (SSSR count). The van der Waals surface area contributed by atoms with Gasteiger partial charge in [0.15, 0.2) is 0 Å².